The molecule has 4 heteroatoms. The van der Waals surface area contributed by atoms with Gasteiger partial charge in [-0.1, -0.05) is 0 Å². The predicted molar refractivity (Wildman–Crippen MR) is 46.3 cm³/mol. The molecule has 2 unspecified atom stereocenters. The molecule has 0 aliphatic carbocycles. The molecule has 1 heterocycles. The van der Waals surface area contributed by atoms with Gasteiger partial charge in [0, 0.05) is 19.3 Å². The van der Waals surface area contributed by atoms with Crippen LogP contribution in [0.25, 0.3) is 0 Å². The molecule has 1 aliphatic rings. The topological polar surface area (TPSA) is 66.8 Å². The summed E-state index contributed by atoms with van der Waals surface area (Å²) < 4.78 is 5.39. The van der Waals surface area contributed by atoms with Crippen LogP contribution in [-0.4, -0.2) is 40.9 Å². The fourth-order valence-corrected chi connectivity index (χ4v) is 1.66. The highest BCUT2D eigenvalue weighted by Gasteiger charge is 2.28. The zero-order chi connectivity index (χ0) is 9.84. The van der Waals surface area contributed by atoms with Crippen molar-refractivity contribution in [3.63, 3.8) is 0 Å². The van der Waals surface area contributed by atoms with Crippen LogP contribution in [0.15, 0.2) is 0 Å². The summed E-state index contributed by atoms with van der Waals surface area (Å²) in [7, 11) is 0. The summed E-state index contributed by atoms with van der Waals surface area (Å²) in [4.78, 5) is 10.8. The second-order valence-electron chi connectivity index (χ2n) is 3.59. The molecule has 3 atom stereocenters. The van der Waals surface area contributed by atoms with Gasteiger partial charge < -0.3 is 14.9 Å². The Hall–Kier alpha value is -0.450. The highest BCUT2D eigenvalue weighted by molar-refractivity contribution is 5.75. The fraction of sp³-hybridized carbons (Fsp3) is 0.889. The Balaban J connectivity index is 2.42. The first-order chi connectivity index (χ1) is 6.11. The van der Waals surface area contributed by atoms with Gasteiger partial charge in [-0.2, -0.15) is 0 Å². The van der Waals surface area contributed by atoms with Crippen molar-refractivity contribution in [1.29, 1.82) is 0 Å². The summed E-state index contributed by atoms with van der Waals surface area (Å²) in [6.07, 6.45) is 0.302. The van der Waals surface area contributed by atoms with E-state index in [0.717, 1.165) is 0 Å². The van der Waals surface area contributed by atoms with E-state index in [0.29, 0.717) is 19.3 Å². The van der Waals surface area contributed by atoms with Gasteiger partial charge in [0.25, 0.3) is 0 Å². The van der Waals surface area contributed by atoms with Crippen LogP contribution in [0.3, 0.4) is 0 Å². The number of hydrogen-bond acceptors (Lipinski definition) is 4. The van der Waals surface area contributed by atoms with E-state index in [4.69, 9.17) is 9.84 Å². The maximum Gasteiger partial charge on any atom is 0.132 e. The summed E-state index contributed by atoms with van der Waals surface area (Å²) in [5.41, 5.74) is 0. The Labute approximate surface area is 77.5 Å². The standard InChI is InChI=1S/C9H16O4/c1-6(11)2-8-3-7(12)4-9(5-10)13-8/h7-10,12H,2-5H2,1H3/t7?,8-,9?/m1/s1. The summed E-state index contributed by atoms with van der Waals surface area (Å²) in [6.45, 7) is 1.41. The Morgan fingerprint density at radius 2 is 2.08 bits per heavy atom. The minimum Gasteiger partial charge on any atom is -0.394 e. The number of carbonyl (C=O) groups is 1. The van der Waals surface area contributed by atoms with Gasteiger partial charge in [-0.15, -0.1) is 0 Å². The molecule has 0 amide bonds. The lowest BCUT2D eigenvalue weighted by Gasteiger charge is -2.31. The molecule has 0 aromatic heterocycles. The van der Waals surface area contributed by atoms with Gasteiger partial charge in [-0.3, -0.25) is 4.79 Å². The van der Waals surface area contributed by atoms with Crippen LogP contribution >= 0.6 is 0 Å². The number of aliphatic hydroxyl groups is 2. The van der Waals surface area contributed by atoms with Crippen molar-refractivity contribution in [1.82, 2.24) is 0 Å². The van der Waals surface area contributed by atoms with Crippen molar-refractivity contribution in [2.24, 2.45) is 0 Å². The fourth-order valence-electron chi connectivity index (χ4n) is 1.66. The zero-order valence-corrected chi connectivity index (χ0v) is 7.77. The van der Waals surface area contributed by atoms with E-state index in [1.807, 2.05) is 0 Å². The van der Waals surface area contributed by atoms with Crippen LogP contribution in [0.2, 0.25) is 0 Å². The molecule has 13 heavy (non-hydrogen) atoms. The second-order valence-corrected chi connectivity index (χ2v) is 3.59. The van der Waals surface area contributed by atoms with E-state index in [2.05, 4.69) is 0 Å². The summed E-state index contributed by atoms with van der Waals surface area (Å²) in [6, 6.07) is 0. The van der Waals surface area contributed by atoms with Crippen molar-refractivity contribution < 1.29 is 19.7 Å². The highest BCUT2D eigenvalue weighted by Crippen LogP contribution is 2.21. The van der Waals surface area contributed by atoms with Crippen LogP contribution in [0.4, 0.5) is 0 Å². The number of ether oxygens (including phenoxy) is 1. The van der Waals surface area contributed by atoms with Gasteiger partial charge in [-0.25, -0.2) is 0 Å². The van der Waals surface area contributed by atoms with Crippen molar-refractivity contribution in [2.45, 2.75) is 44.5 Å². The molecule has 4 nitrogen and oxygen atoms in total. The minimum absolute atomic E-state index is 0.0517. The molecule has 0 aromatic carbocycles. The quantitative estimate of drug-likeness (QED) is 0.647. The monoisotopic (exact) mass is 188 g/mol. The zero-order valence-electron chi connectivity index (χ0n) is 7.77. The summed E-state index contributed by atoms with van der Waals surface area (Å²) in [5.74, 6) is 0.0517. The SMILES string of the molecule is CC(=O)C[C@@H]1CC(O)CC(CO)O1. The molecule has 1 aliphatic heterocycles. The smallest absolute Gasteiger partial charge is 0.132 e. The molecule has 76 valence electrons. The van der Waals surface area contributed by atoms with E-state index in [9.17, 15) is 9.90 Å². The molecule has 1 fully saturated rings. The number of hydrogen-bond donors (Lipinski definition) is 2. The van der Waals surface area contributed by atoms with Crippen molar-refractivity contribution in [2.75, 3.05) is 6.61 Å². The van der Waals surface area contributed by atoms with Gasteiger partial charge in [-0.05, 0) is 6.92 Å². The first-order valence-electron chi connectivity index (χ1n) is 4.55. The molecule has 0 bridgehead atoms. The highest BCUT2D eigenvalue weighted by atomic mass is 16.5. The second kappa shape index (κ2) is 4.69. The molecule has 2 N–H and O–H groups in total. The predicted octanol–water partition coefficient (Wildman–Crippen LogP) is -0.134. The molecule has 1 rings (SSSR count). The third kappa shape index (κ3) is 3.42. The Morgan fingerprint density at radius 1 is 1.46 bits per heavy atom. The van der Waals surface area contributed by atoms with E-state index in [-0.39, 0.29) is 24.6 Å². The molecular weight excluding hydrogens is 172 g/mol. The first kappa shape index (κ1) is 10.6. The van der Waals surface area contributed by atoms with E-state index in [1.54, 1.807) is 0 Å². The van der Waals surface area contributed by atoms with Crippen molar-refractivity contribution >= 4 is 5.78 Å². The van der Waals surface area contributed by atoms with Gasteiger partial charge >= 0.3 is 0 Å². The third-order valence-electron chi connectivity index (χ3n) is 2.17. The first-order valence-corrected chi connectivity index (χ1v) is 4.55. The van der Waals surface area contributed by atoms with Crippen molar-refractivity contribution in [3.8, 4) is 0 Å². The lowest BCUT2D eigenvalue weighted by Crippen LogP contribution is -2.38. The summed E-state index contributed by atoms with van der Waals surface area (Å²) >= 11 is 0. The minimum atomic E-state index is -0.449. The largest absolute Gasteiger partial charge is 0.394 e. The number of Topliss-reactive ketones (excluding diaryl/α,β-unsaturated/α-hetero) is 1. The molecule has 1 saturated heterocycles. The molecule has 0 saturated carbocycles. The Kier molecular flexibility index (Phi) is 3.84. The van der Waals surface area contributed by atoms with Gasteiger partial charge in [0.15, 0.2) is 0 Å². The van der Waals surface area contributed by atoms with Crippen LogP contribution in [-0.2, 0) is 9.53 Å². The van der Waals surface area contributed by atoms with Crippen LogP contribution in [0.1, 0.15) is 26.2 Å². The van der Waals surface area contributed by atoms with Gasteiger partial charge in [0.05, 0.1) is 24.9 Å². The average molecular weight is 188 g/mol. The molecule has 0 spiro atoms. The Morgan fingerprint density at radius 3 is 2.62 bits per heavy atom. The molecule has 0 radical (unpaired) electrons. The van der Waals surface area contributed by atoms with E-state index in [1.165, 1.54) is 6.92 Å². The molecular formula is C9H16O4. The Bertz CT molecular complexity index is 180. The number of aliphatic hydroxyl groups excluding tert-OH is 2. The van der Waals surface area contributed by atoms with Gasteiger partial charge in [0.2, 0.25) is 0 Å². The van der Waals surface area contributed by atoms with Gasteiger partial charge in [0.1, 0.15) is 5.78 Å². The number of ketones is 1. The van der Waals surface area contributed by atoms with Crippen LogP contribution < -0.4 is 0 Å². The van der Waals surface area contributed by atoms with Crippen LogP contribution in [0, 0.1) is 0 Å². The van der Waals surface area contributed by atoms with E-state index >= 15 is 0 Å². The van der Waals surface area contributed by atoms with Crippen molar-refractivity contribution in [3.05, 3.63) is 0 Å². The molecule has 0 aromatic rings. The lowest BCUT2D eigenvalue weighted by atomic mass is 9.98. The van der Waals surface area contributed by atoms with Crippen LogP contribution in [0.5, 0.6) is 0 Å². The summed E-state index contributed by atoms with van der Waals surface area (Å²) in [5, 5.41) is 18.2. The number of rotatable bonds is 3. The maximum absolute atomic E-state index is 10.8. The average Bonchev–Trinajstić information content (AvgIpc) is 2.01. The normalized spacial score (nSPS) is 34.5. The number of carbonyl (C=O) groups excluding carboxylic acids is 1. The maximum atomic E-state index is 10.8. The third-order valence-corrected chi connectivity index (χ3v) is 2.17. The lowest BCUT2D eigenvalue weighted by molar-refractivity contribution is -0.133. The van der Waals surface area contributed by atoms with E-state index < -0.39 is 6.10 Å².